The highest BCUT2D eigenvalue weighted by molar-refractivity contribution is 5.74. The molecule has 2 N–H and O–H groups in total. The standard InChI is InChI=1S/C34H46F2N4O3/c1-2-40(34(43)37-20-24-13-14-30(35)31(36)19-24)28-15-17-38(18-16-28)21-27-22-39(23-29(27)25-9-5-3-6-10-25)32(33(41)42)26-11-7-4-8-12-26/h3,5-6,9-10,13-14,19,26-29,32H,2,4,7-8,11-12,15-18,20-23H2,1H3,(H,37,43)(H,41,42). The number of piperidine rings is 1. The number of aliphatic carboxylic acids is 1. The molecular weight excluding hydrogens is 550 g/mol. The predicted octanol–water partition coefficient (Wildman–Crippen LogP) is 5.71. The van der Waals surface area contributed by atoms with Crippen LogP contribution in [-0.2, 0) is 11.3 Å². The number of likely N-dealkylation sites (tertiary alicyclic amines) is 2. The molecule has 2 aromatic carbocycles. The normalized spacial score (nSPS) is 23.2. The molecule has 3 aliphatic rings. The smallest absolute Gasteiger partial charge is 0.321 e. The molecule has 0 radical (unpaired) electrons. The maximum atomic E-state index is 13.6. The molecule has 1 aliphatic carbocycles. The second kappa shape index (κ2) is 14.6. The van der Waals surface area contributed by atoms with Crippen LogP contribution >= 0.6 is 0 Å². The van der Waals surface area contributed by atoms with Gasteiger partial charge in [-0.2, -0.15) is 0 Å². The number of carbonyl (C=O) groups excluding carboxylic acids is 1. The summed E-state index contributed by atoms with van der Waals surface area (Å²) in [5.41, 5.74) is 1.80. The summed E-state index contributed by atoms with van der Waals surface area (Å²) in [6.45, 7) is 6.91. The van der Waals surface area contributed by atoms with Crippen molar-refractivity contribution < 1.29 is 23.5 Å². The Kier molecular flexibility index (Phi) is 10.7. The molecule has 0 spiro atoms. The zero-order valence-corrected chi connectivity index (χ0v) is 25.3. The number of hydrogen-bond donors (Lipinski definition) is 2. The summed E-state index contributed by atoms with van der Waals surface area (Å²) >= 11 is 0. The Morgan fingerprint density at radius 2 is 1.70 bits per heavy atom. The van der Waals surface area contributed by atoms with Crippen molar-refractivity contribution in [3.63, 3.8) is 0 Å². The molecule has 43 heavy (non-hydrogen) atoms. The lowest BCUT2D eigenvalue weighted by molar-refractivity contribution is -0.145. The van der Waals surface area contributed by atoms with E-state index in [9.17, 15) is 23.5 Å². The van der Waals surface area contributed by atoms with Gasteiger partial charge in [0.1, 0.15) is 6.04 Å². The fourth-order valence-corrected chi connectivity index (χ4v) is 7.74. The molecule has 3 unspecified atom stereocenters. The van der Waals surface area contributed by atoms with Crippen LogP contribution in [0.15, 0.2) is 48.5 Å². The van der Waals surface area contributed by atoms with E-state index in [4.69, 9.17) is 0 Å². The summed E-state index contributed by atoms with van der Waals surface area (Å²) in [6, 6.07) is 13.7. The van der Waals surface area contributed by atoms with Crippen LogP contribution in [0.4, 0.5) is 13.6 Å². The van der Waals surface area contributed by atoms with Gasteiger partial charge in [-0.3, -0.25) is 9.69 Å². The number of halogens is 2. The molecule has 1 saturated carbocycles. The SMILES string of the molecule is CCN(C(=O)NCc1ccc(F)c(F)c1)C1CCN(CC2CN(C(C(=O)O)C3CCCCC3)CC2c2ccccc2)CC1. The minimum Gasteiger partial charge on any atom is -0.480 e. The lowest BCUT2D eigenvalue weighted by Crippen LogP contribution is -2.51. The van der Waals surface area contributed by atoms with Gasteiger partial charge in [0.15, 0.2) is 11.6 Å². The number of hydrogen-bond acceptors (Lipinski definition) is 4. The van der Waals surface area contributed by atoms with Gasteiger partial charge in [-0.25, -0.2) is 13.6 Å². The van der Waals surface area contributed by atoms with Gasteiger partial charge >= 0.3 is 12.0 Å². The van der Waals surface area contributed by atoms with Gasteiger partial charge in [-0.05, 0) is 67.7 Å². The first kappa shape index (κ1) is 31.4. The second-order valence-electron chi connectivity index (χ2n) is 12.6. The highest BCUT2D eigenvalue weighted by Crippen LogP contribution is 2.38. The third-order valence-corrected chi connectivity index (χ3v) is 9.96. The van der Waals surface area contributed by atoms with E-state index in [1.165, 1.54) is 18.1 Å². The quantitative estimate of drug-likeness (QED) is 0.368. The molecule has 2 aliphatic heterocycles. The Morgan fingerprint density at radius 1 is 0.977 bits per heavy atom. The molecule has 2 amide bonds. The van der Waals surface area contributed by atoms with Gasteiger partial charge in [0.25, 0.3) is 0 Å². The summed E-state index contributed by atoms with van der Waals surface area (Å²) in [5, 5.41) is 13.2. The number of carbonyl (C=O) groups is 2. The van der Waals surface area contributed by atoms with Crippen molar-refractivity contribution in [1.29, 1.82) is 0 Å². The largest absolute Gasteiger partial charge is 0.480 e. The van der Waals surface area contributed by atoms with Crippen molar-refractivity contribution in [2.75, 3.05) is 39.3 Å². The fourth-order valence-electron chi connectivity index (χ4n) is 7.74. The van der Waals surface area contributed by atoms with Crippen molar-refractivity contribution >= 4 is 12.0 Å². The Bertz CT molecular complexity index is 1220. The predicted molar refractivity (Wildman–Crippen MR) is 163 cm³/mol. The van der Waals surface area contributed by atoms with Crippen LogP contribution < -0.4 is 5.32 Å². The lowest BCUT2D eigenvalue weighted by atomic mass is 9.83. The molecular formula is C34H46F2N4O3. The topological polar surface area (TPSA) is 76.1 Å². The highest BCUT2D eigenvalue weighted by Gasteiger charge is 2.43. The summed E-state index contributed by atoms with van der Waals surface area (Å²) in [6.07, 6.45) is 7.19. The maximum Gasteiger partial charge on any atom is 0.321 e. The number of rotatable bonds is 10. The fraction of sp³-hybridized carbons (Fsp3) is 0.588. The molecule has 2 aromatic rings. The summed E-state index contributed by atoms with van der Waals surface area (Å²) in [5.74, 6) is -1.64. The van der Waals surface area contributed by atoms with E-state index in [0.29, 0.717) is 23.9 Å². The van der Waals surface area contributed by atoms with Crippen LogP contribution in [0.3, 0.4) is 0 Å². The van der Waals surface area contributed by atoms with Crippen molar-refractivity contribution in [3.05, 3.63) is 71.3 Å². The Balaban J connectivity index is 1.19. The first-order valence-corrected chi connectivity index (χ1v) is 16.1. The molecule has 7 nitrogen and oxygen atoms in total. The zero-order valence-electron chi connectivity index (χ0n) is 25.3. The molecule has 9 heteroatoms. The van der Waals surface area contributed by atoms with E-state index in [1.807, 2.05) is 17.9 Å². The van der Waals surface area contributed by atoms with Crippen LogP contribution in [-0.4, -0.2) is 83.2 Å². The lowest BCUT2D eigenvalue weighted by Gasteiger charge is -2.39. The van der Waals surface area contributed by atoms with Crippen molar-refractivity contribution in [2.45, 2.75) is 76.4 Å². The summed E-state index contributed by atoms with van der Waals surface area (Å²) < 4.78 is 26.8. The number of urea groups is 1. The number of nitrogens with one attached hydrogen (secondary N) is 1. The van der Waals surface area contributed by atoms with Crippen LogP contribution in [0, 0.1) is 23.5 Å². The highest BCUT2D eigenvalue weighted by atomic mass is 19.2. The second-order valence-corrected chi connectivity index (χ2v) is 12.6. The average Bonchev–Trinajstić information content (AvgIpc) is 3.42. The molecule has 2 heterocycles. The van der Waals surface area contributed by atoms with E-state index in [1.54, 1.807) is 0 Å². The van der Waals surface area contributed by atoms with Crippen molar-refractivity contribution in [3.8, 4) is 0 Å². The summed E-state index contributed by atoms with van der Waals surface area (Å²) in [4.78, 5) is 32.2. The first-order chi connectivity index (χ1) is 20.8. The average molecular weight is 597 g/mol. The number of carboxylic acid groups (broad SMARTS) is 1. The Hall–Kier alpha value is -3.04. The van der Waals surface area contributed by atoms with Gasteiger partial charge in [0.05, 0.1) is 0 Å². The molecule has 3 fully saturated rings. The van der Waals surface area contributed by atoms with Crippen LogP contribution in [0.1, 0.15) is 68.9 Å². The van der Waals surface area contributed by atoms with Gasteiger partial charge in [0, 0.05) is 57.8 Å². The number of nitrogens with zero attached hydrogens (tertiary/aromatic N) is 3. The van der Waals surface area contributed by atoms with Gasteiger partial charge < -0.3 is 20.2 Å². The van der Waals surface area contributed by atoms with Crippen molar-refractivity contribution in [2.24, 2.45) is 11.8 Å². The molecule has 234 valence electrons. The zero-order chi connectivity index (χ0) is 30.3. The van der Waals surface area contributed by atoms with E-state index in [0.717, 1.165) is 83.4 Å². The molecule has 0 aromatic heterocycles. The third-order valence-electron chi connectivity index (χ3n) is 9.96. The van der Waals surface area contributed by atoms with E-state index >= 15 is 0 Å². The number of benzene rings is 2. The minimum atomic E-state index is -0.918. The Morgan fingerprint density at radius 3 is 2.35 bits per heavy atom. The number of amides is 2. The first-order valence-electron chi connectivity index (χ1n) is 16.1. The maximum absolute atomic E-state index is 13.6. The molecule has 0 bridgehead atoms. The van der Waals surface area contributed by atoms with Crippen molar-refractivity contribution in [1.82, 2.24) is 20.0 Å². The van der Waals surface area contributed by atoms with Crippen LogP contribution in [0.25, 0.3) is 0 Å². The molecule has 2 saturated heterocycles. The minimum absolute atomic E-state index is 0.110. The molecule has 3 atom stereocenters. The van der Waals surface area contributed by atoms with E-state index < -0.39 is 23.6 Å². The van der Waals surface area contributed by atoms with Gasteiger partial charge in [-0.15, -0.1) is 0 Å². The van der Waals surface area contributed by atoms with Gasteiger partial charge in [-0.1, -0.05) is 55.7 Å². The van der Waals surface area contributed by atoms with Gasteiger partial charge in [0.2, 0.25) is 0 Å². The molecule has 5 rings (SSSR count). The Labute approximate surface area is 254 Å². The van der Waals surface area contributed by atoms with E-state index in [-0.39, 0.29) is 24.5 Å². The van der Waals surface area contributed by atoms with Crippen LogP contribution in [0.5, 0.6) is 0 Å². The summed E-state index contributed by atoms with van der Waals surface area (Å²) in [7, 11) is 0. The monoisotopic (exact) mass is 596 g/mol. The third kappa shape index (κ3) is 7.73. The number of carboxylic acids is 1. The van der Waals surface area contributed by atoms with E-state index in [2.05, 4.69) is 39.4 Å². The van der Waals surface area contributed by atoms with Crippen LogP contribution in [0.2, 0.25) is 0 Å².